The number of aliphatic hydroxyl groups excluding tert-OH is 1. The number of benzene rings is 2. The van der Waals surface area contributed by atoms with Gasteiger partial charge in [0, 0.05) is 24.1 Å². The van der Waals surface area contributed by atoms with Gasteiger partial charge in [-0.1, -0.05) is 12.1 Å². The summed E-state index contributed by atoms with van der Waals surface area (Å²) in [5.41, 5.74) is 2.99. The van der Waals surface area contributed by atoms with Crippen molar-refractivity contribution in [2.45, 2.75) is 13.0 Å². The highest BCUT2D eigenvalue weighted by Gasteiger charge is 2.09. The molecule has 6 heteroatoms. The lowest BCUT2D eigenvalue weighted by atomic mass is 10.1. The first-order chi connectivity index (χ1) is 12.7. The Hall–Kier alpha value is -2.57. The zero-order valence-electron chi connectivity index (χ0n) is 14.9. The van der Waals surface area contributed by atoms with Gasteiger partial charge in [-0.3, -0.25) is 0 Å². The molecular formula is C20H22N2O3S. The monoisotopic (exact) mass is 370 g/mol. The minimum atomic E-state index is 0.141. The number of hydrogen-bond donors (Lipinski definition) is 1. The minimum absolute atomic E-state index is 0.141. The summed E-state index contributed by atoms with van der Waals surface area (Å²) < 4.78 is 12.7. The molecule has 0 aliphatic rings. The van der Waals surface area contributed by atoms with Gasteiger partial charge in [0.25, 0.3) is 0 Å². The van der Waals surface area contributed by atoms with Gasteiger partial charge >= 0.3 is 0 Å². The number of methoxy groups -OCH3 is 2. The van der Waals surface area contributed by atoms with Crippen molar-refractivity contribution in [3.05, 3.63) is 58.7 Å². The second kappa shape index (κ2) is 8.69. The number of hydrogen-bond acceptors (Lipinski definition) is 5. The van der Waals surface area contributed by atoms with E-state index in [-0.39, 0.29) is 6.61 Å². The summed E-state index contributed by atoms with van der Waals surface area (Å²) in [5.74, 6) is 1.62. The summed E-state index contributed by atoms with van der Waals surface area (Å²) in [6.07, 6.45) is 0.670. The van der Waals surface area contributed by atoms with E-state index in [0.29, 0.717) is 13.0 Å². The number of ether oxygens (including phenoxy) is 2. The summed E-state index contributed by atoms with van der Waals surface area (Å²) in [4.78, 5) is 5.66. The maximum Gasteiger partial charge on any atom is 0.190 e. The Morgan fingerprint density at radius 3 is 2.50 bits per heavy atom. The Morgan fingerprint density at radius 1 is 1.04 bits per heavy atom. The van der Waals surface area contributed by atoms with Crippen LogP contribution in [0.3, 0.4) is 0 Å². The molecule has 2 aromatic carbocycles. The molecule has 5 nitrogen and oxygen atoms in total. The van der Waals surface area contributed by atoms with Crippen LogP contribution in [-0.2, 0) is 6.54 Å². The fourth-order valence-corrected chi connectivity index (χ4v) is 3.60. The molecule has 0 aliphatic carbocycles. The number of thiazole rings is 1. The molecule has 0 saturated heterocycles. The van der Waals surface area contributed by atoms with Crippen LogP contribution in [0.2, 0.25) is 0 Å². The van der Waals surface area contributed by atoms with E-state index < -0.39 is 0 Å². The molecule has 1 heterocycles. The van der Waals surface area contributed by atoms with Gasteiger partial charge in [0.2, 0.25) is 0 Å². The highest BCUT2D eigenvalue weighted by Crippen LogP contribution is 2.25. The van der Waals surface area contributed by atoms with E-state index in [4.69, 9.17) is 14.5 Å². The van der Waals surface area contributed by atoms with E-state index in [0.717, 1.165) is 33.2 Å². The van der Waals surface area contributed by atoms with Crippen molar-refractivity contribution in [1.82, 2.24) is 4.57 Å². The summed E-state index contributed by atoms with van der Waals surface area (Å²) in [7, 11) is 3.31. The number of aromatic nitrogens is 1. The maximum atomic E-state index is 9.27. The van der Waals surface area contributed by atoms with Gasteiger partial charge in [0.05, 0.1) is 25.6 Å². The molecule has 0 radical (unpaired) electrons. The first-order valence-electron chi connectivity index (χ1n) is 8.37. The smallest absolute Gasteiger partial charge is 0.190 e. The van der Waals surface area contributed by atoms with E-state index in [1.165, 1.54) is 0 Å². The molecule has 0 atom stereocenters. The van der Waals surface area contributed by atoms with Crippen LogP contribution in [0.4, 0.5) is 5.69 Å². The normalized spacial score (nSPS) is 11.6. The lowest BCUT2D eigenvalue weighted by molar-refractivity contribution is 0.279. The van der Waals surface area contributed by atoms with Crippen molar-refractivity contribution in [1.29, 1.82) is 0 Å². The Kier molecular flexibility index (Phi) is 6.09. The Balaban J connectivity index is 2.04. The maximum absolute atomic E-state index is 9.27. The molecule has 136 valence electrons. The predicted molar refractivity (Wildman–Crippen MR) is 104 cm³/mol. The van der Waals surface area contributed by atoms with E-state index in [1.807, 2.05) is 42.5 Å². The third-order valence-corrected chi connectivity index (χ3v) is 4.86. The second-order valence-electron chi connectivity index (χ2n) is 5.67. The van der Waals surface area contributed by atoms with Crippen molar-refractivity contribution in [3.8, 4) is 22.8 Å². The highest BCUT2D eigenvalue weighted by molar-refractivity contribution is 7.07. The van der Waals surface area contributed by atoms with Gasteiger partial charge in [-0.05, 0) is 42.8 Å². The van der Waals surface area contributed by atoms with Crippen LogP contribution in [0.15, 0.2) is 58.9 Å². The van der Waals surface area contributed by atoms with Gasteiger partial charge in [0.1, 0.15) is 11.5 Å². The number of rotatable bonds is 7. The van der Waals surface area contributed by atoms with Gasteiger partial charge < -0.3 is 19.1 Å². The van der Waals surface area contributed by atoms with Gasteiger partial charge in [-0.15, -0.1) is 11.3 Å². The molecule has 0 fully saturated rings. The van der Waals surface area contributed by atoms with E-state index in [1.54, 1.807) is 25.6 Å². The summed E-state index contributed by atoms with van der Waals surface area (Å²) in [5, 5.41) is 11.4. The largest absolute Gasteiger partial charge is 0.497 e. The average molecular weight is 370 g/mol. The number of nitrogens with zero attached hydrogens (tertiary/aromatic N) is 2. The zero-order chi connectivity index (χ0) is 18.4. The van der Waals surface area contributed by atoms with Gasteiger partial charge in [0.15, 0.2) is 4.80 Å². The van der Waals surface area contributed by atoms with Crippen molar-refractivity contribution in [2.75, 3.05) is 20.8 Å². The second-order valence-corrected chi connectivity index (χ2v) is 6.51. The minimum Gasteiger partial charge on any atom is -0.497 e. The first-order valence-corrected chi connectivity index (χ1v) is 9.25. The van der Waals surface area contributed by atoms with Crippen molar-refractivity contribution >= 4 is 17.0 Å². The topological polar surface area (TPSA) is 56.0 Å². The molecule has 3 rings (SSSR count). The quantitative estimate of drug-likeness (QED) is 0.687. The molecule has 0 aliphatic heterocycles. The van der Waals surface area contributed by atoms with Crippen LogP contribution in [0.25, 0.3) is 11.3 Å². The van der Waals surface area contributed by atoms with Gasteiger partial charge in [-0.2, -0.15) is 0 Å². The van der Waals surface area contributed by atoms with Crippen molar-refractivity contribution in [2.24, 2.45) is 4.99 Å². The molecule has 1 aromatic heterocycles. The standard InChI is InChI=1S/C20H22N2O3S/c1-24-17-9-7-16(8-10-17)21-20-22(11-4-12-23)19(14-26-20)15-5-3-6-18(13-15)25-2/h3,5-10,13-14,23H,4,11-12H2,1-2H3. The lowest BCUT2D eigenvalue weighted by Gasteiger charge is -2.09. The molecular weight excluding hydrogens is 348 g/mol. The molecule has 0 spiro atoms. The molecule has 0 saturated carbocycles. The van der Waals surface area contributed by atoms with Crippen LogP contribution in [0, 0.1) is 0 Å². The van der Waals surface area contributed by atoms with Crippen molar-refractivity contribution < 1.29 is 14.6 Å². The Morgan fingerprint density at radius 2 is 1.81 bits per heavy atom. The fraction of sp³-hybridized carbons (Fsp3) is 0.250. The molecule has 0 amide bonds. The first kappa shape index (κ1) is 18.2. The third kappa shape index (κ3) is 4.15. The van der Waals surface area contributed by atoms with Crippen LogP contribution in [0.1, 0.15) is 6.42 Å². The van der Waals surface area contributed by atoms with E-state index in [2.05, 4.69) is 16.0 Å². The van der Waals surface area contributed by atoms with E-state index in [9.17, 15) is 5.11 Å². The average Bonchev–Trinajstić information content (AvgIpc) is 3.09. The van der Waals surface area contributed by atoms with Gasteiger partial charge in [-0.25, -0.2) is 4.99 Å². The van der Waals surface area contributed by atoms with Crippen molar-refractivity contribution in [3.63, 3.8) is 0 Å². The third-order valence-electron chi connectivity index (χ3n) is 4.00. The molecule has 0 bridgehead atoms. The molecule has 1 N–H and O–H groups in total. The van der Waals surface area contributed by atoms with Crippen LogP contribution in [0.5, 0.6) is 11.5 Å². The van der Waals surface area contributed by atoms with Crippen LogP contribution in [-0.4, -0.2) is 30.5 Å². The summed E-state index contributed by atoms with van der Waals surface area (Å²) in [6, 6.07) is 15.6. The summed E-state index contributed by atoms with van der Waals surface area (Å²) in [6.45, 7) is 0.837. The van der Waals surface area contributed by atoms with Crippen LogP contribution >= 0.6 is 11.3 Å². The Bertz CT molecular complexity index is 913. The SMILES string of the molecule is COc1ccc(N=c2scc(-c3cccc(OC)c3)n2CCCO)cc1. The molecule has 26 heavy (non-hydrogen) atoms. The Labute approximate surface area is 156 Å². The molecule has 3 aromatic rings. The van der Waals surface area contributed by atoms with Crippen LogP contribution < -0.4 is 14.3 Å². The van der Waals surface area contributed by atoms with E-state index >= 15 is 0 Å². The molecule has 0 unspecified atom stereocenters. The summed E-state index contributed by atoms with van der Waals surface area (Å²) >= 11 is 1.58. The lowest BCUT2D eigenvalue weighted by Crippen LogP contribution is -2.16. The number of aliphatic hydroxyl groups is 1. The fourth-order valence-electron chi connectivity index (χ4n) is 2.64. The zero-order valence-corrected chi connectivity index (χ0v) is 15.7. The highest BCUT2D eigenvalue weighted by atomic mass is 32.1. The predicted octanol–water partition coefficient (Wildman–Crippen LogP) is 3.85.